The Hall–Kier alpha value is -0.270. The fourth-order valence-electron chi connectivity index (χ4n) is 5.35. The molecule has 0 aromatic carbocycles. The van der Waals surface area contributed by atoms with Crippen LogP contribution < -0.4 is 5.32 Å². The molecule has 196 valence electrons. The van der Waals surface area contributed by atoms with Gasteiger partial charge < -0.3 is 24.8 Å². The third kappa shape index (κ3) is 11.8. The Morgan fingerprint density at radius 1 is 0.758 bits per heavy atom. The van der Waals surface area contributed by atoms with E-state index in [1.807, 2.05) is 25.7 Å². The lowest BCUT2D eigenvalue weighted by atomic mass is 9.96. The van der Waals surface area contributed by atoms with Crippen molar-refractivity contribution in [1.29, 1.82) is 0 Å². The smallest absolute Gasteiger partial charge is 0.410 e. The summed E-state index contributed by atoms with van der Waals surface area (Å²) in [4.78, 5) is 19.1. The number of nitrogens with zero attached hydrogens (tertiary/aromatic N) is 3. The third-order valence-corrected chi connectivity index (χ3v) is 7.16. The van der Waals surface area contributed by atoms with Gasteiger partial charge in [-0.25, -0.2) is 4.79 Å². The van der Waals surface area contributed by atoms with Gasteiger partial charge in [-0.15, -0.1) is 24.8 Å². The van der Waals surface area contributed by atoms with Crippen LogP contribution in [0.3, 0.4) is 0 Å². The van der Waals surface area contributed by atoms with Crippen molar-refractivity contribution in [3.8, 4) is 0 Å². The van der Waals surface area contributed by atoms with Crippen LogP contribution in [0.1, 0.15) is 72.1 Å². The van der Waals surface area contributed by atoms with Crippen LogP contribution in [0.25, 0.3) is 0 Å². The second kappa shape index (κ2) is 15.7. The maximum absolute atomic E-state index is 12.0. The molecule has 0 radical (unpaired) electrons. The summed E-state index contributed by atoms with van der Waals surface area (Å²) in [7, 11) is 0. The van der Waals surface area contributed by atoms with Crippen LogP contribution in [0.4, 0.5) is 4.79 Å². The Bertz CT molecular complexity index is 521. The minimum Gasteiger partial charge on any atom is -0.444 e. The number of hydrogen-bond acceptors (Lipinski definition) is 5. The molecule has 0 bridgehead atoms. The molecule has 0 aromatic rings. The molecule has 0 aliphatic carbocycles. The molecule has 4 saturated heterocycles. The number of halogens is 2. The van der Waals surface area contributed by atoms with Gasteiger partial charge >= 0.3 is 6.09 Å². The molecule has 0 atom stereocenters. The van der Waals surface area contributed by atoms with Crippen LogP contribution in [0, 0.1) is 11.8 Å². The number of carbonyl (C=O) groups excluding carboxylic acids is 1. The number of piperidine rings is 2. The zero-order chi connectivity index (χ0) is 22.1. The molecular weight excluding hydrogens is 459 g/mol. The highest BCUT2D eigenvalue weighted by Crippen LogP contribution is 2.22. The number of nitrogens with one attached hydrogen (secondary N) is 1. The van der Waals surface area contributed by atoms with Gasteiger partial charge in [-0.05, 0) is 123 Å². The van der Waals surface area contributed by atoms with E-state index in [0.29, 0.717) is 0 Å². The van der Waals surface area contributed by atoms with Gasteiger partial charge in [0.2, 0.25) is 0 Å². The molecule has 0 unspecified atom stereocenters. The van der Waals surface area contributed by atoms with Gasteiger partial charge in [-0.3, -0.25) is 0 Å². The van der Waals surface area contributed by atoms with E-state index >= 15 is 0 Å². The van der Waals surface area contributed by atoms with Crippen molar-refractivity contribution in [3.05, 3.63) is 0 Å². The van der Waals surface area contributed by atoms with Crippen molar-refractivity contribution in [2.45, 2.75) is 77.7 Å². The summed E-state index contributed by atoms with van der Waals surface area (Å²) in [6.45, 7) is 17.8. The quantitative estimate of drug-likeness (QED) is 0.598. The maximum atomic E-state index is 12.0. The van der Waals surface area contributed by atoms with E-state index in [-0.39, 0.29) is 36.5 Å². The monoisotopic (exact) mass is 508 g/mol. The van der Waals surface area contributed by atoms with Crippen molar-refractivity contribution in [2.75, 3.05) is 65.4 Å². The van der Waals surface area contributed by atoms with Gasteiger partial charge in [0.25, 0.3) is 0 Å². The van der Waals surface area contributed by atoms with Gasteiger partial charge in [0.05, 0.1) is 0 Å². The zero-order valence-electron chi connectivity index (χ0n) is 21.4. The van der Waals surface area contributed by atoms with Crippen molar-refractivity contribution in [1.82, 2.24) is 20.0 Å². The topological polar surface area (TPSA) is 48.1 Å². The summed E-state index contributed by atoms with van der Waals surface area (Å²) in [5.41, 5.74) is -0.385. The first-order chi connectivity index (χ1) is 14.9. The van der Waals surface area contributed by atoms with Crippen LogP contribution in [0.2, 0.25) is 0 Å². The molecule has 4 rings (SSSR count). The lowest BCUT2D eigenvalue weighted by molar-refractivity contribution is 0.0172. The van der Waals surface area contributed by atoms with E-state index in [1.54, 1.807) is 0 Å². The highest BCUT2D eigenvalue weighted by atomic mass is 35.5. The van der Waals surface area contributed by atoms with E-state index in [1.165, 1.54) is 90.9 Å². The fourth-order valence-corrected chi connectivity index (χ4v) is 5.35. The number of hydrogen-bond donors (Lipinski definition) is 1. The van der Waals surface area contributed by atoms with Crippen molar-refractivity contribution >= 4 is 30.9 Å². The Morgan fingerprint density at radius 3 is 1.61 bits per heavy atom. The standard InChI is InChI=1S/C15H28N2O2.C10H20N2.2ClH/c1-15(2,3)19-14(18)17-10-6-13(7-11-17)12-16-8-4-5-9-16;1-2-8-12(7-1)9-10-3-5-11-6-4-10;;/h13H,4-12H2,1-3H3;10-11H,1-9H2;2*1H. The molecule has 1 amide bonds. The number of likely N-dealkylation sites (tertiary alicyclic amines) is 3. The number of ether oxygens (including phenoxy) is 1. The summed E-state index contributed by atoms with van der Waals surface area (Å²) in [5.74, 6) is 1.75. The van der Waals surface area contributed by atoms with Crippen LogP contribution in [-0.4, -0.2) is 91.8 Å². The second-order valence-electron chi connectivity index (χ2n) is 11.1. The molecule has 0 aromatic heterocycles. The molecule has 4 fully saturated rings. The molecular formula is C25H50Cl2N4O2. The molecule has 4 heterocycles. The fraction of sp³-hybridized carbons (Fsp3) is 0.960. The lowest BCUT2D eigenvalue weighted by Crippen LogP contribution is -2.43. The summed E-state index contributed by atoms with van der Waals surface area (Å²) in [5, 5.41) is 3.42. The van der Waals surface area contributed by atoms with E-state index in [9.17, 15) is 4.79 Å². The van der Waals surface area contributed by atoms with Crippen LogP contribution in [0.15, 0.2) is 0 Å². The number of amides is 1. The minimum absolute atomic E-state index is 0. The average molecular weight is 510 g/mol. The Labute approximate surface area is 215 Å². The molecule has 0 saturated carbocycles. The zero-order valence-corrected chi connectivity index (χ0v) is 23.0. The Balaban J connectivity index is 0.000000338. The highest BCUT2D eigenvalue weighted by Gasteiger charge is 2.28. The van der Waals surface area contributed by atoms with E-state index in [4.69, 9.17) is 4.74 Å². The molecule has 4 aliphatic rings. The molecule has 33 heavy (non-hydrogen) atoms. The normalized spacial score (nSPS) is 23.3. The second-order valence-corrected chi connectivity index (χ2v) is 11.1. The predicted molar refractivity (Wildman–Crippen MR) is 142 cm³/mol. The molecule has 6 nitrogen and oxygen atoms in total. The predicted octanol–water partition coefficient (Wildman–Crippen LogP) is 4.65. The first-order valence-corrected chi connectivity index (χ1v) is 13.0. The average Bonchev–Trinajstić information content (AvgIpc) is 3.43. The highest BCUT2D eigenvalue weighted by molar-refractivity contribution is 5.85. The Morgan fingerprint density at radius 2 is 1.18 bits per heavy atom. The van der Waals surface area contributed by atoms with E-state index in [2.05, 4.69) is 15.1 Å². The number of rotatable bonds is 4. The largest absolute Gasteiger partial charge is 0.444 e. The van der Waals surface area contributed by atoms with Crippen molar-refractivity contribution < 1.29 is 9.53 Å². The number of carbonyl (C=O) groups is 1. The van der Waals surface area contributed by atoms with Gasteiger partial charge in [0.1, 0.15) is 5.60 Å². The van der Waals surface area contributed by atoms with Crippen LogP contribution in [-0.2, 0) is 4.74 Å². The van der Waals surface area contributed by atoms with Gasteiger partial charge in [0.15, 0.2) is 0 Å². The summed E-state index contributed by atoms with van der Waals surface area (Å²) < 4.78 is 5.42. The SMILES string of the molecule is C1CCN(CC2CCNCC2)C1.CC(C)(C)OC(=O)N1CCC(CN2CCCC2)CC1.Cl.Cl. The van der Waals surface area contributed by atoms with Crippen molar-refractivity contribution in [2.24, 2.45) is 11.8 Å². The molecule has 8 heteroatoms. The summed E-state index contributed by atoms with van der Waals surface area (Å²) in [6.07, 6.45) is 10.5. The maximum Gasteiger partial charge on any atom is 0.410 e. The molecule has 4 aliphatic heterocycles. The minimum atomic E-state index is -0.385. The third-order valence-electron chi connectivity index (χ3n) is 7.16. The van der Waals surface area contributed by atoms with Gasteiger partial charge in [-0.1, -0.05) is 0 Å². The first-order valence-electron chi connectivity index (χ1n) is 13.0. The van der Waals surface area contributed by atoms with E-state index in [0.717, 1.165) is 37.8 Å². The van der Waals surface area contributed by atoms with Gasteiger partial charge in [-0.2, -0.15) is 0 Å². The first kappa shape index (κ1) is 30.8. The van der Waals surface area contributed by atoms with Crippen LogP contribution in [0.5, 0.6) is 0 Å². The van der Waals surface area contributed by atoms with E-state index < -0.39 is 0 Å². The molecule has 0 spiro atoms. The van der Waals surface area contributed by atoms with Crippen molar-refractivity contribution in [3.63, 3.8) is 0 Å². The lowest BCUT2D eigenvalue weighted by Gasteiger charge is -2.34. The van der Waals surface area contributed by atoms with Crippen LogP contribution >= 0.6 is 24.8 Å². The Kier molecular flexibility index (Phi) is 14.6. The summed E-state index contributed by atoms with van der Waals surface area (Å²) >= 11 is 0. The molecule has 1 N–H and O–H groups in total. The summed E-state index contributed by atoms with van der Waals surface area (Å²) in [6, 6.07) is 0. The van der Waals surface area contributed by atoms with Gasteiger partial charge in [0, 0.05) is 26.2 Å².